The molecule has 0 fully saturated rings. The van der Waals surface area contributed by atoms with Gasteiger partial charge in [-0.2, -0.15) is 13.2 Å². The van der Waals surface area contributed by atoms with Crippen molar-refractivity contribution in [2.24, 2.45) is 0 Å². The third-order valence-corrected chi connectivity index (χ3v) is 1.84. The van der Waals surface area contributed by atoms with Gasteiger partial charge in [0.1, 0.15) is 5.56 Å². The molecular weight excluding hydrogens is 237 g/mol. The minimum atomic E-state index is -4.81. The average molecular weight is 243 g/mol. The van der Waals surface area contributed by atoms with E-state index >= 15 is 0 Å². The van der Waals surface area contributed by atoms with Crippen LogP contribution in [0, 0.1) is 0 Å². The summed E-state index contributed by atoms with van der Waals surface area (Å²) in [6, 6.07) is 0. The van der Waals surface area contributed by atoms with Crippen LogP contribution in [0.25, 0.3) is 0 Å². The van der Waals surface area contributed by atoms with Gasteiger partial charge in [-0.15, -0.1) is 11.6 Å². The number of rotatable bonds is 2. The molecule has 1 aromatic rings. The fourth-order valence-corrected chi connectivity index (χ4v) is 1.30. The molecule has 1 rings (SSSR count). The van der Waals surface area contributed by atoms with Gasteiger partial charge in [-0.25, -0.2) is 4.79 Å². The molecule has 0 saturated heterocycles. The van der Waals surface area contributed by atoms with Crippen molar-refractivity contribution in [2.75, 3.05) is 5.88 Å². The van der Waals surface area contributed by atoms with Gasteiger partial charge in [0.05, 0.1) is 0 Å². The summed E-state index contributed by atoms with van der Waals surface area (Å²) in [6.45, 7) is 0. The van der Waals surface area contributed by atoms with Crippen LogP contribution in [-0.2, 0) is 12.6 Å². The van der Waals surface area contributed by atoms with Gasteiger partial charge in [0.15, 0.2) is 0 Å². The number of aromatic amines is 2. The molecule has 0 saturated carbocycles. The second kappa shape index (κ2) is 4.09. The van der Waals surface area contributed by atoms with E-state index in [4.69, 9.17) is 11.6 Å². The highest BCUT2D eigenvalue weighted by Crippen LogP contribution is 2.28. The Hall–Kier alpha value is -1.24. The molecule has 0 bridgehead atoms. The molecule has 2 N–H and O–H groups in total. The number of aromatic nitrogens is 2. The minimum absolute atomic E-state index is 0.123. The summed E-state index contributed by atoms with van der Waals surface area (Å²) in [6.07, 6.45) is -5.03. The highest BCUT2D eigenvalue weighted by molar-refractivity contribution is 6.17. The van der Waals surface area contributed by atoms with Gasteiger partial charge >= 0.3 is 11.9 Å². The molecule has 0 aliphatic heterocycles. The largest absolute Gasteiger partial charge is 0.423 e. The molecule has 0 aliphatic rings. The smallest absolute Gasteiger partial charge is 0.311 e. The summed E-state index contributed by atoms with van der Waals surface area (Å²) in [5.41, 5.74) is -4.33. The first-order chi connectivity index (χ1) is 6.86. The number of alkyl halides is 4. The van der Waals surface area contributed by atoms with Crippen LogP contribution in [0.3, 0.4) is 0 Å². The van der Waals surface area contributed by atoms with E-state index in [1.54, 1.807) is 0 Å². The normalized spacial score (nSPS) is 11.7. The molecule has 0 atom stereocenters. The summed E-state index contributed by atoms with van der Waals surface area (Å²) in [4.78, 5) is 25.1. The van der Waals surface area contributed by atoms with Crippen molar-refractivity contribution in [3.63, 3.8) is 0 Å². The maximum absolute atomic E-state index is 12.4. The van der Waals surface area contributed by atoms with Crippen LogP contribution in [-0.4, -0.2) is 15.8 Å². The van der Waals surface area contributed by atoms with Gasteiger partial charge in [0.25, 0.3) is 5.56 Å². The van der Waals surface area contributed by atoms with E-state index < -0.39 is 28.7 Å². The van der Waals surface area contributed by atoms with E-state index in [2.05, 4.69) is 0 Å². The third-order valence-electron chi connectivity index (χ3n) is 1.65. The Labute approximate surface area is 86.1 Å². The van der Waals surface area contributed by atoms with Crippen molar-refractivity contribution >= 4 is 11.6 Å². The van der Waals surface area contributed by atoms with Gasteiger partial charge in [0, 0.05) is 18.0 Å². The Morgan fingerprint density at radius 2 is 1.80 bits per heavy atom. The summed E-state index contributed by atoms with van der Waals surface area (Å²) < 4.78 is 37.1. The fraction of sp³-hybridized carbons (Fsp3) is 0.429. The van der Waals surface area contributed by atoms with Crippen molar-refractivity contribution in [2.45, 2.75) is 12.6 Å². The maximum atomic E-state index is 12.4. The highest BCUT2D eigenvalue weighted by atomic mass is 35.5. The molecule has 0 spiro atoms. The van der Waals surface area contributed by atoms with Crippen LogP contribution in [0.15, 0.2) is 9.59 Å². The highest BCUT2D eigenvalue weighted by Gasteiger charge is 2.37. The van der Waals surface area contributed by atoms with Crippen LogP contribution in [0.4, 0.5) is 13.2 Å². The quantitative estimate of drug-likeness (QED) is 0.756. The number of H-pyrrole nitrogens is 2. The lowest BCUT2D eigenvalue weighted by molar-refractivity contribution is -0.139. The lowest BCUT2D eigenvalue weighted by Gasteiger charge is -2.09. The third kappa shape index (κ3) is 2.62. The number of halogens is 4. The molecule has 0 unspecified atom stereocenters. The van der Waals surface area contributed by atoms with Crippen molar-refractivity contribution in [3.8, 4) is 0 Å². The van der Waals surface area contributed by atoms with Crippen molar-refractivity contribution < 1.29 is 13.2 Å². The standard InChI is InChI=1S/C7H6ClF3N2O2/c8-2-1-3-4(7(9,10)11)5(14)13-6(15)12-3/h1-2H2,(H2,12,13,14,15). The summed E-state index contributed by atoms with van der Waals surface area (Å²) >= 11 is 5.26. The Kier molecular flexibility index (Phi) is 3.23. The minimum Gasteiger partial charge on any atom is -0.311 e. The second-order valence-corrected chi connectivity index (χ2v) is 3.08. The van der Waals surface area contributed by atoms with E-state index in [9.17, 15) is 22.8 Å². The van der Waals surface area contributed by atoms with Gasteiger partial charge < -0.3 is 4.98 Å². The summed E-state index contributed by atoms with van der Waals surface area (Å²) in [7, 11) is 0. The van der Waals surface area contributed by atoms with E-state index in [-0.39, 0.29) is 12.3 Å². The zero-order valence-corrected chi connectivity index (χ0v) is 8.00. The molecule has 84 valence electrons. The molecule has 4 nitrogen and oxygen atoms in total. The molecular formula is C7H6ClF3N2O2. The van der Waals surface area contributed by atoms with Gasteiger partial charge in [-0.1, -0.05) is 0 Å². The Bertz CT molecular complexity index is 463. The topological polar surface area (TPSA) is 65.7 Å². The van der Waals surface area contributed by atoms with Gasteiger partial charge in [-0.3, -0.25) is 9.78 Å². The number of hydrogen-bond donors (Lipinski definition) is 2. The van der Waals surface area contributed by atoms with E-state index in [0.29, 0.717) is 0 Å². The van der Waals surface area contributed by atoms with Gasteiger partial charge in [-0.05, 0) is 0 Å². The first-order valence-electron chi connectivity index (χ1n) is 3.85. The predicted octanol–water partition coefficient (Wildman–Crippen LogP) is 0.863. The maximum Gasteiger partial charge on any atom is 0.423 e. The molecule has 1 aromatic heterocycles. The second-order valence-electron chi connectivity index (χ2n) is 2.70. The van der Waals surface area contributed by atoms with Crippen molar-refractivity contribution in [1.29, 1.82) is 0 Å². The fourth-order valence-electron chi connectivity index (χ4n) is 1.12. The molecule has 1 heterocycles. The average Bonchev–Trinajstić information content (AvgIpc) is 1.99. The molecule has 0 amide bonds. The number of nitrogens with one attached hydrogen (secondary N) is 2. The van der Waals surface area contributed by atoms with Crippen LogP contribution >= 0.6 is 11.6 Å². The molecule has 8 heteroatoms. The van der Waals surface area contributed by atoms with Crippen LogP contribution in [0.5, 0.6) is 0 Å². The molecule has 0 radical (unpaired) electrons. The molecule has 0 aliphatic carbocycles. The lowest BCUT2D eigenvalue weighted by Crippen LogP contribution is -2.32. The van der Waals surface area contributed by atoms with E-state index in [0.717, 1.165) is 0 Å². The monoisotopic (exact) mass is 242 g/mol. The Balaban J connectivity index is 3.47. The zero-order valence-electron chi connectivity index (χ0n) is 7.24. The summed E-state index contributed by atoms with van der Waals surface area (Å²) in [5, 5.41) is 0. The van der Waals surface area contributed by atoms with Gasteiger partial charge in [0.2, 0.25) is 0 Å². The Morgan fingerprint density at radius 1 is 1.20 bits per heavy atom. The first-order valence-corrected chi connectivity index (χ1v) is 4.38. The van der Waals surface area contributed by atoms with Crippen LogP contribution in [0.2, 0.25) is 0 Å². The van der Waals surface area contributed by atoms with Crippen molar-refractivity contribution in [3.05, 3.63) is 32.1 Å². The first kappa shape index (κ1) is 11.8. The number of hydrogen-bond acceptors (Lipinski definition) is 2. The molecule has 15 heavy (non-hydrogen) atoms. The SMILES string of the molecule is O=c1[nH]c(CCCl)c(C(F)(F)F)c(=O)[nH]1. The molecule has 0 aromatic carbocycles. The zero-order chi connectivity index (χ0) is 11.6. The summed E-state index contributed by atoms with van der Waals surface area (Å²) in [5.74, 6) is -0.123. The van der Waals surface area contributed by atoms with Crippen LogP contribution < -0.4 is 11.2 Å². The van der Waals surface area contributed by atoms with Crippen molar-refractivity contribution in [1.82, 2.24) is 9.97 Å². The lowest BCUT2D eigenvalue weighted by atomic mass is 10.2. The van der Waals surface area contributed by atoms with E-state index in [1.807, 2.05) is 4.98 Å². The predicted molar refractivity (Wildman–Crippen MR) is 47.1 cm³/mol. The van der Waals surface area contributed by atoms with E-state index in [1.165, 1.54) is 4.98 Å². The Morgan fingerprint density at radius 3 is 2.27 bits per heavy atom. The van der Waals surface area contributed by atoms with Crippen LogP contribution in [0.1, 0.15) is 11.3 Å². The number of aryl methyl sites for hydroxylation is 1.